The molecule has 1 N–H and O–H groups in total. The van der Waals surface area contributed by atoms with Crippen LogP contribution in [0.25, 0.3) is 10.9 Å². The maximum Gasteiger partial charge on any atom is 0.261 e. The molecule has 0 saturated heterocycles. The van der Waals surface area contributed by atoms with Crippen molar-refractivity contribution in [3.05, 3.63) is 74.8 Å². The molecule has 6 heteroatoms. The molecular formula is C19H16ClN3O2. The molecule has 0 bridgehead atoms. The van der Waals surface area contributed by atoms with Crippen LogP contribution >= 0.6 is 11.6 Å². The number of nitrogens with one attached hydrogen (secondary N) is 1. The predicted molar refractivity (Wildman–Crippen MR) is 96.9 cm³/mol. The van der Waals surface area contributed by atoms with Gasteiger partial charge in [-0.3, -0.25) is 14.2 Å². The smallest absolute Gasteiger partial charge is 0.261 e. The Bertz CT molecular complexity index is 1040. The lowest BCUT2D eigenvalue weighted by molar-refractivity contribution is 0.0951. The van der Waals surface area contributed by atoms with Gasteiger partial charge in [0.05, 0.1) is 10.9 Å². The summed E-state index contributed by atoms with van der Waals surface area (Å²) in [6.07, 6.45) is 1.73. The second kappa shape index (κ2) is 6.33. The van der Waals surface area contributed by atoms with Crippen molar-refractivity contribution < 1.29 is 4.79 Å². The second-order valence-corrected chi connectivity index (χ2v) is 6.50. The maximum absolute atomic E-state index is 12.5. The summed E-state index contributed by atoms with van der Waals surface area (Å²) >= 11 is 6.11. The first-order valence-electron chi connectivity index (χ1n) is 8.18. The SMILES string of the molecule is O=C(NCc1ccccc1Cl)c1ccc2c(=O)n3c(nc2c1)CCC3. The van der Waals surface area contributed by atoms with E-state index in [1.54, 1.807) is 28.8 Å². The van der Waals surface area contributed by atoms with Gasteiger partial charge in [0, 0.05) is 30.1 Å². The molecule has 2 aromatic carbocycles. The van der Waals surface area contributed by atoms with E-state index < -0.39 is 0 Å². The van der Waals surface area contributed by atoms with Crippen LogP contribution in [-0.4, -0.2) is 15.5 Å². The van der Waals surface area contributed by atoms with E-state index in [1.807, 2.05) is 18.2 Å². The van der Waals surface area contributed by atoms with Crippen molar-refractivity contribution in [1.82, 2.24) is 14.9 Å². The van der Waals surface area contributed by atoms with E-state index in [1.165, 1.54) is 0 Å². The van der Waals surface area contributed by atoms with Gasteiger partial charge in [-0.15, -0.1) is 0 Å². The van der Waals surface area contributed by atoms with E-state index in [-0.39, 0.29) is 11.5 Å². The van der Waals surface area contributed by atoms with E-state index in [9.17, 15) is 9.59 Å². The van der Waals surface area contributed by atoms with Crippen molar-refractivity contribution in [2.75, 3.05) is 0 Å². The molecule has 0 fully saturated rings. The third kappa shape index (κ3) is 2.91. The number of aromatic nitrogens is 2. The molecule has 4 rings (SSSR count). The minimum absolute atomic E-state index is 0.0273. The predicted octanol–water partition coefficient (Wildman–Crippen LogP) is 2.93. The van der Waals surface area contributed by atoms with Crippen LogP contribution in [0.3, 0.4) is 0 Å². The Morgan fingerprint density at radius 3 is 2.92 bits per heavy atom. The lowest BCUT2D eigenvalue weighted by atomic mass is 10.1. The fourth-order valence-electron chi connectivity index (χ4n) is 3.14. The number of carbonyl (C=O) groups is 1. The highest BCUT2D eigenvalue weighted by molar-refractivity contribution is 6.31. The summed E-state index contributed by atoms with van der Waals surface area (Å²) in [6.45, 7) is 1.06. The van der Waals surface area contributed by atoms with Gasteiger partial charge in [0.1, 0.15) is 5.82 Å². The molecule has 0 atom stereocenters. The maximum atomic E-state index is 12.5. The summed E-state index contributed by atoms with van der Waals surface area (Å²) in [5, 5.41) is 4.02. The topological polar surface area (TPSA) is 64.0 Å². The molecule has 2 heterocycles. The molecule has 1 aromatic heterocycles. The quantitative estimate of drug-likeness (QED) is 0.787. The van der Waals surface area contributed by atoms with Crippen molar-refractivity contribution in [2.45, 2.75) is 25.9 Å². The normalized spacial score (nSPS) is 13.0. The Labute approximate surface area is 149 Å². The number of amides is 1. The summed E-state index contributed by atoms with van der Waals surface area (Å²) in [7, 11) is 0. The minimum Gasteiger partial charge on any atom is -0.348 e. The summed E-state index contributed by atoms with van der Waals surface area (Å²) in [4.78, 5) is 29.4. The molecule has 0 saturated carbocycles. The standard InChI is InChI=1S/C19H16ClN3O2/c20-15-5-2-1-4-13(15)11-21-18(24)12-7-8-14-16(10-12)22-17-6-3-9-23(17)19(14)25/h1-2,4-5,7-8,10H,3,6,9,11H2,(H,21,24). The Balaban J connectivity index is 1.61. The Morgan fingerprint density at radius 1 is 1.24 bits per heavy atom. The average molecular weight is 354 g/mol. The van der Waals surface area contributed by atoms with Crippen molar-refractivity contribution in [1.29, 1.82) is 0 Å². The summed E-state index contributed by atoms with van der Waals surface area (Å²) in [5.74, 6) is 0.579. The first-order valence-corrected chi connectivity index (χ1v) is 8.56. The highest BCUT2D eigenvalue weighted by atomic mass is 35.5. The highest BCUT2D eigenvalue weighted by Crippen LogP contribution is 2.17. The molecular weight excluding hydrogens is 338 g/mol. The van der Waals surface area contributed by atoms with Gasteiger partial charge in [-0.05, 0) is 36.2 Å². The first-order chi connectivity index (χ1) is 12.1. The van der Waals surface area contributed by atoms with Crippen LogP contribution in [0, 0.1) is 0 Å². The number of aryl methyl sites for hydroxylation is 1. The largest absolute Gasteiger partial charge is 0.348 e. The van der Waals surface area contributed by atoms with Crippen molar-refractivity contribution in [2.24, 2.45) is 0 Å². The molecule has 25 heavy (non-hydrogen) atoms. The van der Waals surface area contributed by atoms with E-state index >= 15 is 0 Å². The molecule has 5 nitrogen and oxygen atoms in total. The molecule has 126 valence electrons. The molecule has 0 radical (unpaired) electrons. The van der Waals surface area contributed by atoms with Crippen molar-refractivity contribution in [3.63, 3.8) is 0 Å². The Kier molecular flexibility index (Phi) is 4.01. The van der Waals surface area contributed by atoms with Gasteiger partial charge in [0.15, 0.2) is 0 Å². The van der Waals surface area contributed by atoms with Crippen LogP contribution in [0.2, 0.25) is 5.02 Å². The zero-order valence-electron chi connectivity index (χ0n) is 13.5. The van der Waals surface area contributed by atoms with E-state index in [4.69, 9.17) is 11.6 Å². The van der Waals surface area contributed by atoms with E-state index in [2.05, 4.69) is 10.3 Å². The van der Waals surface area contributed by atoms with Crippen LogP contribution in [0.1, 0.15) is 28.2 Å². The highest BCUT2D eigenvalue weighted by Gasteiger charge is 2.17. The molecule has 0 spiro atoms. The zero-order chi connectivity index (χ0) is 17.4. The van der Waals surface area contributed by atoms with Gasteiger partial charge < -0.3 is 5.32 Å². The second-order valence-electron chi connectivity index (χ2n) is 6.09. The number of hydrogen-bond donors (Lipinski definition) is 1. The summed E-state index contributed by atoms with van der Waals surface area (Å²) in [6, 6.07) is 12.4. The van der Waals surface area contributed by atoms with E-state index in [0.29, 0.717) is 28.0 Å². The van der Waals surface area contributed by atoms with Crippen LogP contribution in [0.4, 0.5) is 0 Å². The number of hydrogen-bond acceptors (Lipinski definition) is 3. The number of benzene rings is 2. The van der Waals surface area contributed by atoms with Crippen LogP contribution in [-0.2, 0) is 19.5 Å². The summed E-state index contributed by atoms with van der Waals surface area (Å²) < 4.78 is 1.72. The fourth-order valence-corrected chi connectivity index (χ4v) is 3.35. The number of nitrogens with zero attached hydrogens (tertiary/aromatic N) is 2. The Morgan fingerprint density at radius 2 is 2.08 bits per heavy atom. The van der Waals surface area contributed by atoms with Gasteiger partial charge in [0.25, 0.3) is 11.5 Å². The lowest BCUT2D eigenvalue weighted by Crippen LogP contribution is -2.24. The lowest BCUT2D eigenvalue weighted by Gasteiger charge is -2.09. The van der Waals surface area contributed by atoms with Gasteiger partial charge in [-0.25, -0.2) is 4.98 Å². The first kappa shape index (κ1) is 15.8. The van der Waals surface area contributed by atoms with E-state index in [0.717, 1.165) is 30.8 Å². The van der Waals surface area contributed by atoms with Gasteiger partial charge in [0.2, 0.25) is 0 Å². The molecule has 1 aliphatic heterocycles. The molecule has 1 aliphatic rings. The van der Waals surface area contributed by atoms with Crippen molar-refractivity contribution in [3.8, 4) is 0 Å². The van der Waals surface area contributed by atoms with Crippen molar-refractivity contribution >= 4 is 28.4 Å². The average Bonchev–Trinajstić information content (AvgIpc) is 3.09. The molecule has 1 amide bonds. The molecule has 0 aliphatic carbocycles. The van der Waals surface area contributed by atoms with Gasteiger partial charge >= 0.3 is 0 Å². The monoisotopic (exact) mass is 353 g/mol. The minimum atomic E-state index is -0.218. The van der Waals surface area contributed by atoms with Gasteiger partial charge in [-0.2, -0.15) is 0 Å². The number of fused-ring (bicyclic) bond motifs is 2. The fraction of sp³-hybridized carbons (Fsp3) is 0.211. The molecule has 0 unspecified atom stereocenters. The number of halogens is 1. The number of rotatable bonds is 3. The zero-order valence-corrected chi connectivity index (χ0v) is 14.2. The summed E-state index contributed by atoms with van der Waals surface area (Å²) in [5.41, 5.74) is 1.88. The van der Waals surface area contributed by atoms with Crippen LogP contribution in [0.5, 0.6) is 0 Å². The van der Waals surface area contributed by atoms with Gasteiger partial charge in [-0.1, -0.05) is 29.8 Å². The molecule has 3 aromatic rings. The Hall–Kier alpha value is -2.66. The van der Waals surface area contributed by atoms with Crippen LogP contribution in [0.15, 0.2) is 47.3 Å². The number of carbonyl (C=O) groups excluding carboxylic acids is 1. The third-order valence-electron chi connectivity index (χ3n) is 4.48. The van der Waals surface area contributed by atoms with Crippen LogP contribution < -0.4 is 10.9 Å². The third-order valence-corrected chi connectivity index (χ3v) is 4.84.